The van der Waals surface area contributed by atoms with Crippen LogP contribution in [0.15, 0.2) is 30.3 Å². The van der Waals surface area contributed by atoms with Gasteiger partial charge in [0.05, 0.1) is 18.6 Å². The molecule has 2 saturated heterocycles. The first-order chi connectivity index (χ1) is 13.3. The summed E-state index contributed by atoms with van der Waals surface area (Å²) in [7, 11) is 3.12. The highest BCUT2D eigenvalue weighted by atomic mass is 16.7. The number of amides is 2. The number of fused-ring (bicyclic) bond motifs is 1. The van der Waals surface area contributed by atoms with E-state index >= 15 is 0 Å². The molecule has 1 aromatic rings. The summed E-state index contributed by atoms with van der Waals surface area (Å²) in [6.45, 7) is 4.90. The molecule has 7 heteroatoms. The number of rotatable bonds is 6. The molecule has 2 N–H and O–H groups in total. The van der Waals surface area contributed by atoms with Crippen molar-refractivity contribution in [2.45, 2.75) is 50.6 Å². The molecule has 0 spiro atoms. The van der Waals surface area contributed by atoms with Crippen molar-refractivity contribution in [3.8, 4) is 0 Å². The molecule has 0 aliphatic carbocycles. The fraction of sp³-hybridized carbons (Fsp3) is 0.619. The van der Waals surface area contributed by atoms with Gasteiger partial charge < -0.3 is 25.0 Å². The fourth-order valence-electron chi connectivity index (χ4n) is 4.57. The summed E-state index contributed by atoms with van der Waals surface area (Å²) in [5.41, 5.74) is 6.80. The molecule has 2 fully saturated rings. The average Bonchev–Trinajstić information content (AvgIpc) is 3.26. The first-order valence-electron chi connectivity index (χ1n) is 9.87. The van der Waals surface area contributed by atoms with Gasteiger partial charge in [-0.05, 0) is 30.9 Å². The van der Waals surface area contributed by atoms with Gasteiger partial charge in [0.25, 0.3) is 5.91 Å². The molecule has 1 aromatic carbocycles. The number of carbonyl (C=O) groups is 2. The van der Waals surface area contributed by atoms with Crippen molar-refractivity contribution in [3.63, 3.8) is 0 Å². The van der Waals surface area contributed by atoms with E-state index in [-0.39, 0.29) is 30.4 Å². The standard InChI is InChI=1S/C21H31N3O4/c1-14(2)12-16(22)20(26)23-11-10-17-18(23)21(27-3,28-4)13-24(17)19(25)15-8-6-5-7-9-15/h5-9,14,16-18H,10-13,22H2,1-4H3. The first-order valence-corrected chi connectivity index (χ1v) is 9.87. The summed E-state index contributed by atoms with van der Waals surface area (Å²) in [6, 6.07) is 8.06. The minimum atomic E-state index is -1.06. The predicted octanol–water partition coefficient (Wildman–Crippen LogP) is 1.47. The largest absolute Gasteiger partial charge is 0.350 e. The topological polar surface area (TPSA) is 85.1 Å². The zero-order valence-corrected chi connectivity index (χ0v) is 17.1. The molecular formula is C21H31N3O4. The Morgan fingerprint density at radius 1 is 1.18 bits per heavy atom. The van der Waals surface area contributed by atoms with Crippen LogP contribution < -0.4 is 5.73 Å². The maximum Gasteiger partial charge on any atom is 0.254 e. The van der Waals surface area contributed by atoms with Crippen molar-refractivity contribution in [2.75, 3.05) is 27.3 Å². The highest BCUT2D eigenvalue weighted by Crippen LogP contribution is 2.41. The number of ether oxygens (including phenoxy) is 2. The summed E-state index contributed by atoms with van der Waals surface area (Å²) < 4.78 is 11.5. The van der Waals surface area contributed by atoms with Crippen molar-refractivity contribution in [3.05, 3.63) is 35.9 Å². The first kappa shape index (κ1) is 20.8. The SMILES string of the molecule is COC1(OC)CN(C(=O)c2ccccc2)C2CCN(C(=O)C(N)CC(C)C)C21. The minimum absolute atomic E-state index is 0.0765. The Kier molecular flexibility index (Phi) is 6.07. The summed E-state index contributed by atoms with van der Waals surface area (Å²) in [4.78, 5) is 29.8. The van der Waals surface area contributed by atoms with Crippen LogP contribution in [0.4, 0.5) is 0 Å². The smallest absolute Gasteiger partial charge is 0.254 e. The molecule has 2 amide bonds. The molecule has 3 rings (SSSR count). The van der Waals surface area contributed by atoms with Gasteiger partial charge in [-0.15, -0.1) is 0 Å². The summed E-state index contributed by atoms with van der Waals surface area (Å²) in [5.74, 6) is -0.911. The van der Waals surface area contributed by atoms with Crippen molar-refractivity contribution < 1.29 is 19.1 Å². The Morgan fingerprint density at radius 3 is 2.39 bits per heavy atom. The molecule has 0 radical (unpaired) electrons. The molecule has 0 aromatic heterocycles. The van der Waals surface area contributed by atoms with Crippen molar-refractivity contribution in [1.82, 2.24) is 9.80 Å². The fourth-order valence-corrected chi connectivity index (χ4v) is 4.57. The van der Waals surface area contributed by atoms with Gasteiger partial charge in [-0.3, -0.25) is 9.59 Å². The molecule has 2 aliphatic rings. The second-order valence-electron chi connectivity index (χ2n) is 8.09. The maximum atomic E-state index is 13.2. The van der Waals surface area contributed by atoms with Crippen molar-refractivity contribution in [1.29, 1.82) is 0 Å². The normalized spacial score (nSPS) is 24.5. The molecule has 154 valence electrons. The molecular weight excluding hydrogens is 358 g/mol. The monoisotopic (exact) mass is 389 g/mol. The Hall–Kier alpha value is -1.96. The second kappa shape index (κ2) is 8.19. The van der Waals surface area contributed by atoms with E-state index in [4.69, 9.17) is 15.2 Å². The van der Waals surface area contributed by atoms with E-state index in [2.05, 4.69) is 0 Å². The van der Waals surface area contributed by atoms with Gasteiger partial charge in [-0.25, -0.2) is 0 Å². The van der Waals surface area contributed by atoms with E-state index in [1.165, 1.54) is 0 Å². The Labute approximate surface area is 166 Å². The van der Waals surface area contributed by atoms with Crippen molar-refractivity contribution in [2.24, 2.45) is 11.7 Å². The number of hydrogen-bond acceptors (Lipinski definition) is 5. The van der Waals surface area contributed by atoms with Gasteiger partial charge in [0.1, 0.15) is 6.04 Å². The number of benzene rings is 1. The van der Waals surface area contributed by atoms with Gasteiger partial charge in [-0.1, -0.05) is 32.0 Å². The summed E-state index contributed by atoms with van der Waals surface area (Å²) >= 11 is 0. The number of nitrogens with zero attached hydrogens (tertiary/aromatic N) is 2. The lowest BCUT2D eigenvalue weighted by Crippen LogP contribution is -2.57. The third-order valence-corrected chi connectivity index (χ3v) is 5.91. The van der Waals surface area contributed by atoms with Crippen LogP contribution in [-0.2, 0) is 14.3 Å². The number of carbonyl (C=O) groups excluding carboxylic acids is 2. The Bertz CT molecular complexity index is 705. The van der Waals surface area contributed by atoms with E-state index in [9.17, 15) is 9.59 Å². The lowest BCUT2D eigenvalue weighted by Gasteiger charge is -2.37. The van der Waals surface area contributed by atoms with Crippen LogP contribution in [0.5, 0.6) is 0 Å². The van der Waals surface area contributed by atoms with E-state index in [0.29, 0.717) is 30.9 Å². The zero-order valence-electron chi connectivity index (χ0n) is 17.1. The van der Waals surface area contributed by atoms with Crippen LogP contribution in [0, 0.1) is 5.92 Å². The number of nitrogens with two attached hydrogens (primary N) is 1. The van der Waals surface area contributed by atoms with E-state index in [0.717, 1.165) is 0 Å². The van der Waals surface area contributed by atoms with E-state index in [1.807, 2.05) is 32.0 Å². The van der Waals surface area contributed by atoms with Gasteiger partial charge >= 0.3 is 0 Å². The second-order valence-corrected chi connectivity index (χ2v) is 8.09. The summed E-state index contributed by atoms with van der Waals surface area (Å²) in [5, 5.41) is 0. The van der Waals surface area contributed by atoms with Crippen LogP contribution in [-0.4, -0.2) is 72.8 Å². The molecule has 2 aliphatic heterocycles. The predicted molar refractivity (Wildman–Crippen MR) is 106 cm³/mol. The number of methoxy groups -OCH3 is 2. The minimum Gasteiger partial charge on any atom is -0.350 e. The van der Waals surface area contributed by atoms with Crippen molar-refractivity contribution >= 4 is 11.8 Å². The van der Waals surface area contributed by atoms with Crippen LogP contribution in [0.3, 0.4) is 0 Å². The van der Waals surface area contributed by atoms with Crippen LogP contribution >= 0.6 is 0 Å². The van der Waals surface area contributed by atoms with Gasteiger partial charge in [0.15, 0.2) is 0 Å². The molecule has 28 heavy (non-hydrogen) atoms. The zero-order chi connectivity index (χ0) is 20.5. The molecule has 3 unspecified atom stereocenters. The third kappa shape index (κ3) is 3.54. The highest BCUT2D eigenvalue weighted by Gasteiger charge is 2.61. The maximum absolute atomic E-state index is 13.2. The highest BCUT2D eigenvalue weighted by molar-refractivity contribution is 5.95. The number of hydrogen-bond donors (Lipinski definition) is 1. The molecule has 0 saturated carbocycles. The van der Waals surface area contributed by atoms with Gasteiger partial charge in [0, 0.05) is 26.3 Å². The Morgan fingerprint density at radius 2 is 1.82 bits per heavy atom. The van der Waals surface area contributed by atoms with Gasteiger partial charge in [-0.2, -0.15) is 0 Å². The van der Waals surface area contributed by atoms with Gasteiger partial charge in [0.2, 0.25) is 11.7 Å². The number of likely N-dealkylation sites (tertiary alicyclic amines) is 2. The Balaban J connectivity index is 1.89. The lowest BCUT2D eigenvalue weighted by atomic mass is 10.0. The van der Waals surface area contributed by atoms with E-state index in [1.54, 1.807) is 36.2 Å². The van der Waals surface area contributed by atoms with Crippen LogP contribution in [0.2, 0.25) is 0 Å². The summed E-state index contributed by atoms with van der Waals surface area (Å²) in [6.07, 6.45) is 1.30. The molecule has 0 bridgehead atoms. The third-order valence-electron chi connectivity index (χ3n) is 5.91. The van der Waals surface area contributed by atoms with E-state index < -0.39 is 11.8 Å². The molecule has 2 heterocycles. The average molecular weight is 389 g/mol. The van der Waals surface area contributed by atoms with Crippen LogP contribution in [0.25, 0.3) is 0 Å². The van der Waals surface area contributed by atoms with Crippen LogP contribution in [0.1, 0.15) is 37.0 Å². The quantitative estimate of drug-likeness (QED) is 0.745. The molecule has 7 nitrogen and oxygen atoms in total. The molecule has 3 atom stereocenters. The lowest BCUT2D eigenvalue weighted by molar-refractivity contribution is -0.222.